The van der Waals surface area contributed by atoms with Crippen molar-refractivity contribution >= 4 is 18.3 Å². The standard InChI is InChI=1S/C16H24N2O.ClH/c1-11-6-7-14(12(2)8-11)10-18-16(19)15-5-3-4-13(15)9-17;/h6-8,13,15H,3-5,9-10,17H2,1-2H3,(H,18,19);1H/t13-,15-;/m1./s1. The normalized spacial score (nSPS) is 21.4. The summed E-state index contributed by atoms with van der Waals surface area (Å²) in [5, 5.41) is 3.07. The van der Waals surface area contributed by atoms with Crippen LogP contribution in [0.3, 0.4) is 0 Å². The van der Waals surface area contributed by atoms with Crippen molar-refractivity contribution in [1.82, 2.24) is 5.32 Å². The molecule has 1 fully saturated rings. The minimum atomic E-state index is 0. The Hall–Kier alpha value is -1.06. The lowest BCUT2D eigenvalue weighted by Crippen LogP contribution is -2.34. The molecule has 2 atom stereocenters. The van der Waals surface area contributed by atoms with E-state index in [0.29, 0.717) is 19.0 Å². The first-order valence-corrected chi connectivity index (χ1v) is 7.15. The Kier molecular flexibility index (Phi) is 6.50. The Balaban J connectivity index is 0.00000200. The molecule has 0 bridgehead atoms. The van der Waals surface area contributed by atoms with Gasteiger partial charge in [0, 0.05) is 12.5 Å². The number of halogens is 1. The molecule has 1 aromatic rings. The summed E-state index contributed by atoms with van der Waals surface area (Å²) in [5.41, 5.74) is 9.42. The Morgan fingerprint density at radius 2 is 2.10 bits per heavy atom. The van der Waals surface area contributed by atoms with Crippen LogP contribution >= 0.6 is 12.4 Å². The van der Waals surface area contributed by atoms with E-state index in [1.165, 1.54) is 16.7 Å². The van der Waals surface area contributed by atoms with Crippen molar-refractivity contribution in [2.45, 2.75) is 39.7 Å². The maximum absolute atomic E-state index is 12.2. The van der Waals surface area contributed by atoms with Crippen LogP contribution in [0.15, 0.2) is 18.2 Å². The van der Waals surface area contributed by atoms with Crippen LogP contribution in [0.25, 0.3) is 0 Å². The third kappa shape index (κ3) is 3.97. The number of amides is 1. The van der Waals surface area contributed by atoms with Gasteiger partial charge in [0.2, 0.25) is 5.91 Å². The van der Waals surface area contributed by atoms with E-state index in [-0.39, 0.29) is 24.2 Å². The molecular weight excluding hydrogens is 272 g/mol. The molecule has 0 heterocycles. The molecule has 4 heteroatoms. The Morgan fingerprint density at radius 1 is 1.35 bits per heavy atom. The molecule has 0 aromatic heterocycles. The molecule has 2 rings (SSSR count). The van der Waals surface area contributed by atoms with Gasteiger partial charge in [-0.05, 0) is 50.3 Å². The third-order valence-corrected chi connectivity index (χ3v) is 4.25. The highest BCUT2D eigenvalue weighted by Crippen LogP contribution is 2.31. The van der Waals surface area contributed by atoms with Crippen molar-refractivity contribution in [3.05, 3.63) is 34.9 Å². The highest BCUT2D eigenvalue weighted by Gasteiger charge is 2.31. The molecule has 1 saturated carbocycles. The topological polar surface area (TPSA) is 55.1 Å². The summed E-state index contributed by atoms with van der Waals surface area (Å²) >= 11 is 0. The fraction of sp³-hybridized carbons (Fsp3) is 0.562. The molecule has 1 aliphatic rings. The molecule has 0 aliphatic heterocycles. The average molecular weight is 297 g/mol. The lowest BCUT2D eigenvalue weighted by atomic mass is 9.95. The number of benzene rings is 1. The summed E-state index contributed by atoms with van der Waals surface area (Å²) in [6.45, 7) is 5.42. The van der Waals surface area contributed by atoms with Crippen molar-refractivity contribution in [1.29, 1.82) is 0 Å². The van der Waals surface area contributed by atoms with Crippen molar-refractivity contribution in [3.8, 4) is 0 Å². The minimum Gasteiger partial charge on any atom is -0.352 e. The summed E-state index contributed by atoms with van der Waals surface area (Å²) in [6.07, 6.45) is 3.21. The Bertz CT molecular complexity index is 462. The van der Waals surface area contributed by atoms with Gasteiger partial charge in [0.15, 0.2) is 0 Å². The first-order valence-electron chi connectivity index (χ1n) is 7.15. The van der Waals surface area contributed by atoms with Crippen LogP contribution in [0.2, 0.25) is 0 Å². The zero-order chi connectivity index (χ0) is 13.8. The number of nitrogens with two attached hydrogens (primary N) is 1. The van der Waals surface area contributed by atoms with Crippen LogP contribution in [-0.4, -0.2) is 12.5 Å². The lowest BCUT2D eigenvalue weighted by molar-refractivity contribution is -0.126. The van der Waals surface area contributed by atoms with Crippen molar-refractivity contribution in [2.75, 3.05) is 6.54 Å². The van der Waals surface area contributed by atoms with Gasteiger partial charge in [0.1, 0.15) is 0 Å². The quantitative estimate of drug-likeness (QED) is 0.897. The number of aryl methyl sites for hydroxylation is 2. The summed E-state index contributed by atoms with van der Waals surface area (Å²) < 4.78 is 0. The SMILES string of the molecule is Cc1ccc(CNC(=O)[C@@H]2CCC[C@@H]2CN)c(C)c1.Cl. The van der Waals surface area contributed by atoms with E-state index >= 15 is 0 Å². The molecule has 112 valence electrons. The first-order chi connectivity index (χ1) is 9.11. The second-order valence-corrected chi connectivity index (χ2v) is 5.68. The van der Waals surface area contributed by atoms with Gasteiger partial charge in [-0.25, -0.2) is 0 Å². The van der Waals surface area contributed by atoms with Crippen LogP contribution in [-0.2, 0) is 11.3 Å². The van der Waals surface area contributed by atoms with Gasteiger partial charge in [-0.3, -0.25) is 4.79 Å². The van der Waals surface area contributed by atoms with Gasteiger partial charge in [0.25, 0.3) is 0 Å². The maximum Gasteiger partial charge on any atom is 0.223 e. The molecule has 3 nitrogen and oxygen atoms in total. The van der Waals surface area contributed by atoms with E-state index in [1.807, 2.05) is 0 Å². The third-order valence-electron chi connectivity index (χ3n) is 4.25. The number of carbonyl (C=O) groups excluding carboxylic acids is 1. The molecule has 1 aliphatic carbocycles. The van der Waals surface area contributed by atoms with E-state index in [4.69, 9.17) is 5.73 Å². The Labute approximate surface area is 127 Å². The zero-order valence-corrected chi connectivity index (χ0v) is 13.1. The fourth-order valence-electron chi connectivity index (χ4n) is 3.02. The molecule has 1 amide bonds. The molecule has 0 radical (unpaired) electrons. The first kappa shape index (κ1) is 17.0. The van der Waals surface area contributed by atoms with Gasteiger partial charge in [0.05, 0.1) is 0 Å². The van der Waals surface area contributed by atoms with E-state index < -0.39 is 0 Å². The van der Waals surface area contributed by atoms with Gasteiger partial charge in [-0.2, -0.15) is 0 Å². The zero-order valence-electron chi connectivity index (χ0n) is 12.3. The largest absolute Gasteiger partial charge is 0.352 e. The maximum atomic E-state index is 12.2. The molecule has 0 spiro atoms. The van der Waals surface area contributed by atoms with E-state index in [1.54, 1.807) is 0 Å². The number of hydrogen-bond acceptors (Lipinski definition) is 2. The van der Waals surface area contributed by atoms with E-state index in [2.05, 4.69) is 37.4 Å². The van der Waals surface area contributed by atoms with E-state index in [0.717, 1.165) is 19.3 Å². The Morgan fingerprint density at radius 3 is 2.75 bits per heavy atom. The molecule has 0 saturated heterocycles. The van der Waals surface area contributed by atoms with Crippen LogP contribution < -0.4 is 11.1 Å². The number of hydrogen-bond donors (Lipinski definition) is 2. The van der Waals surface area contributed by atoms with Crippen molar-refractivity contribution in [2.24, 2.45) is 17.6 Å². The van der Waals surface area contributed by atoms with Crippen LogP contribution in [0.5, 0.6) is 0 Å². The summed E-state index contributed by atoms with van der Waals surface area (Å²) in [5.74, 6) is 0.669. The van der Waals surface area contributed by atoms with Gasteiger partial charge < -0.3 is 11.1 Å². The lowest BCUT2D eigenvalue weighted by Gasteiger charge is -2.18. The van der Waals surface area contributed by atoms with Crippen molar-refractivity contribution in [3.63, 3.8) is 0 Å². The van der Waals surface area contributed by atoms with Crippen LogP contribution in [0, 0.1) is 25.7 Å². The molecule has 3 N–H and O–H groups in total. The van der Waals surface area contributed by atoms with Gasteiger partial charge in [-0.15, -0.1) is 12.4 Å². The van der Waals surface area contributed by atoms with Gasteiger partial charge in [-0.1, -0.05) is 30.2 Å². The number of rotatable bonds is 4. The van der Waals surface area contributed by atoms with Gasteiger partial charge >= 0.3 is 0 Å². The average Bonchev–Trinajstić information content (AvgIpc) is 2.85. The predicted octanol–water partition coefficient (Wildman–Crippen LogP) is 2.72. The molecule has 20 heavy (non-hydrogen) atoms. The number of nitrogens with one attached hydrogen (secondary N) is 1. The summed E-state index contributed by atoms with van der Waals surface area (Å²) in [7, 11) is 0. The van der Waals surface area contributed by atoms with Crippen LogP contribution in [0.4, 0.5) is 0 Å². The minimum absolute atomic E-state index is 0. The molecule has 0 unspecified atom stereocenters. The summed E-state index contributed by atoms with van der Waals surface area (Å²) in [4.78, 5) is 12.2. The van der Waals surface area contributed by atoms with Crippen molar-refractivity contribution < 1.29 is 4.79 Å². The number of carbonyl (C=O) groups is 1. The smallest absolute Gasteiger partial charge is 0.223 e. The fourth-order valence-corrected chi connectivity index (χ4v) is 3.02. The van der Waals surface area contributed by atoms with E-state index in [9.17, 15) is 4.79 Å². The monoisotopic (exact) mass is 296 g/mol. The summed E-state index contributed by atoms with van der Waals surface area (Å²) in [6, 6.07) is 6.34. The van der Waals surface area contributed by atoms with Crippen LogP contribution in [0.1, 0.15) is 36.0 Å². The molecular formula is C16H25ClN2O. The highest BCUT2D eigenvalue weighted by molar-refractivity contribution is 5.85. The predicted molar refractivity (Wildman–Crippen MR) is 84.9 cm³/mol. The highest BCUT2D eigenvalue weighted by atomic mass is 35.5. The second kappa shape index (κ2) is 7.65. The second-order valence-electron chi connectivity index (χ2n) is 5.68. The molecule has 1 aromatic carbocycles.